The van der Waals surface area contributed by atoms with Crippen LogP contribution in [0.1, 0.15) is 19.0 Å². The van der Waals surface area contributed by atoms with Crippen molar-refractivity contribution < 1.29 is 0 Å². The number of pyridine rings is 1. The molecule has 86 valence electrons. The van der Waals surface area contributed by atoms with Gasteiger partial charge in [0.25, 0.3) is 5.56 Å². The molecular formula is C14H14N2O. The maximum absolute atomic E-state index is 12.1. The lowest BCUT2D eigenvalue weighted by molar-refractivity contribution is 0.879. The lowest BCUT2D eigenvalue weighted by atomic mass is 10.1. The smallest absolute Gasteiger partial charge is 0.258 e. The van der Waals surface area contributed by atoms with E-state index in [0.717, 1.165) is 40.3 Å². The maximum Gasteiger partial charge on any atom is 0.258 e. The van der Waals surface area contributed by atoms with Crippen molar-refractivity contribution in [2.75, 3.05) is 0 Å². The van der Waals surface area contributed by atoms with Crippen LogP contribution in [-0.2, 0) is 6.42 Å². The molecule has 0 saturated heterocycles. The van der Waals surface area contributed by atoms with Crippen molar-refractivity contribution in [1.29, 1.82) is 0 Å². The summed E-state index contributed by atoms with van der Waals surface area (Å²) in [5.74, 6) is 0. The van der Waals surface area contributed by atoms with Gasteiger partial charge in [-0.2, -0.15) is 0 Å². The quantitative estimate of drug-likeness (QED) is 0.693. The van der Waals surface area contributed by atoms with Crippen molar-refractivity contribution in [2.24, 2.45) is 0 Å². The molecule has 0 unspecified atom stereocenters. The van der Waals surface area contributed by atoms with E-state index in [1.165, 1.54) is 0 Å². The molecule has 2 heterocycles. The molecule has 0 aliphatic carbocycles. The Kier molecular flexibility index (Phi) is 2.25. The van der Waals surface area contributed by atoms with Gasteiger partial charge in [-0.25, -0.2) is 0 Å². The number of aromatic nitrogens is 2. The van der Waals surface area contributed by atoms with Gasteiger partial charge in [-0.1, -0.05) is 31.5 Å². The molecule has 3 nitrogen and oxygen atoms in total. The Labute approximate surface area is 98.5 Å². The third-order valence-electron chi connectivity index (χ3n) is 3.07. The second kappa shape index (κ2) is 3.77. The van der Waals surface area contributed by atoms with Gasteiger partial charge < -0.3 is 9.97 Å². The summed E-state index contributed by atoms with van der Waals surface area (Å²) >= 11 is 0. The van der Waals surface area contributed by atoms with Gasteiger partial charge in [0.1, 0.15) is 0 Å². The van der Waals surface area contributed by atoms with Crippen molar-refractivity contribution in [3.05, 3.63) is 46.4 Å². The van der Waals surface area contributed by atoms with E-state index in [1.807, 2.05) is 30.3 Å². The first kappa shape index (κ1) is 10.1. The summed E-state index contributed by atoms with van der Waals surface area (Å²) in [6, 6.07) is 9.94. The molecule has 0 spiro atoms. The van der Waals surface area contributed by atoms with Gasteiger partial charge in [-0.05, 0) is 18.6 Å². The molecule has 17 heavy (non-hydrogen) atoms. The SMILES string of the molecule is CCCc1cc2[nH]c3ccccc3c2c(=O)[nH]1. The van der Waals surface area contributed by atoms with Gasteiger partial charge in [-0.15, -0.1) is 0 Å². The zero-order valence-electron chi connectivity index (χ0n) is 9.71. The van der Waals surface area contributed by atoms with Crippen LogP contribution in [0.15, 0.2) is 35.1 Å². The van der Waals surface area contributed by atoms with E-state index in [2.05, 4.69) is 16.9 Å². The van der Waals surface area contributed by atoms with Crippen LogP contribution < -0.4 is 5.56 Å². The molecule has 3 rings (SSSR count). The molecule has 2 N–H and O–H groups in total. The van der Waals surface area contributed by atoms with Crippen LogP contribution in [0.2, 0.25) is 0 Å². The highest BCUT2D eigenvalue weighted by atomic mass is 16.1. The maximum atomic E-state index is 12.1. The van der Waals surface area contributed by atoms with Gasteiger partial charge in [-0.3, -0.25) is 4.79 Å². The number of H-pyrrole nitrogens is 2. The monoisotopic (exact) mass is 226 g/mol. The van der Waals surface area contributed by atoms with Crippen LogP contribution in [0.5, 0.6) is 0 Å². The number of nitrogens with one attached hydrogen (secondary N) is 2. The van der Waals surface area contributed by atoms with Gasteiger partial charge in [0.15, 0.2) is 0 Å². The average Bonchev–Trinajstić information content (AvgIpc) is 2.67. The topological polar surface area (TPSA) is 48.6 Å². The molecular weight excluding hydrogens is 212 g/mol. The molecule has 2 aromatic heterocycles. The highest BCUT2D eigenvalue weighted by Crippen LogP contribution is 2.22. The minimum Gasteiger partial charge on any atom is -0.354 e. The fourth-order valence-electron chi connectivity index (χ4n) is 2.34. The normalized spacial score (nSPS) is 11.4. The van der Waals surface area contributed by atoms with Crippen LogP contribution in [0.25, 0.3) is 21.8 Å². The summed E-state index contributed by atoms with van der Waals surface area (Å²) in [6.45, 7) is 2.10. The third kappa shape index (κ3) is 1.55. The number of aryl methyl sites for hydroxylation is 1. The number of fused-ring (bicyclic) bond motifs is 3. The molecule has 0 atom stereocenters. The van der Waals surface area contributed by atoms with Crippen LogP contribution >= 0.6 is 0 Å². The van der Waals surface area contributed by atoms with E-state index in [-0.39, 0.29) is 5.56 Å². The Balaban J connectivity index is 2.40. The van der Waals surface area contributed by atoms with Crippen molar-refractivity contribution >= 4 is 21.8 Å². The Morgan fingerprint density at radius 1 is 1.12 bits per heavy atom. The van der Waals surface area contributed by atoms with Crippen LogP contribution in [-0.4, -0.2) is 9.97 Å². The molecule has 3 aromatic rings. The molecule has 0 radical (unpaired) electrons. The summed E-state index contributed by atoms with van der Waals surface area (Å²) in [7, 11) is 0. The van der Waals surface area contributed by atoms with Crippen LogP contribution in [0.4, 0.5) is 0 Å². The first-order valence-corrected chi connectivity index (χ1v) is 5.92. The standard InChI is InChI=1S/C14H14N2O/c1-2-5-9-8-12-13(14(17)15-9)10-6-3-4-7-11(10)16-12/h3-4,6-8,16H,2,5H2,1H3,(H,15,17). The Morgan fingerprint density at radius 3 is 2.76 bits per heavy atom. The largest absolute Gasteiger partial charge is 0.354 e. The van der Waals surface area contributed by atoms with Crippen molar-refractivity contribution in [1.82, 2.24) is 9.97 Å². The van der Waals surface area contributed by atoms with Gasteiger partial charge in [0.05, 0.1) is 10.9 Å². The van der Waals surface area contributed by atoms with Crippen molar-refractivity contribution in [3.63, 3.8) is 0 Å². The third-order valence-corrected chi connectivity index (χ3v) is 3.07. The first-order valence-electron chi connectivity index (χ1n) is 5.92. The number of aromatic amines is 2. The predicted molar refractivity (Wildman–Crippen MR) is 70.4 cm³/mol. The van der Waals surface area contributed by atoms with Crippen LogP contribution in [0.3, 0.4) is 0 Å². The highest BCUT2D eigenvalue weighted by molar-refractivity contribution is 6.06. The number of benzene rings is 1. The molecule has 3 heteroatoms. The van der Waals surface area contributed by atoms with Gasteiger partial charge >= 0.3 is 0 Å². The summed E-state index contributed by atoms with van der Waals surface area (Å²) in [4.78, 5) is 18.3. The fraction of sp³-hybridized carbons (Fsp3) is 0.214. The van der Waals surface area contributed by atoms with Crippen molar-refractivity contribution in [3.8, 4) is 0 Å². The highest BCUT2D eigenvalue weighted by Gasteiger charge is 2.08. The Bertz CT molecular complexity index is 737. The summed E-state index contributed by atoms with van der Waals surface area (Å²) in [5.41, 5.74) is 2.94. The number of hydrogen-bond acceptors (Lipinski definition) is 1. The molecule has 0 bridgehead atoms. The van der Waals surface area contributed by atoms with E-state index >= 15 is 0 Å². The van der Waals surface area contributed by atoms with E-state index in [4.69, 9.17) is 0 Å². The zero-order valence-corrected chi connectivity index (χ0v) is 9.71. The van der Waals surface area contributed by atoms with E-state index in [9.17, 15) is 4.79 Å². The van der Waals surface area contributed by atoms with Gasteiger partial charge in [0, 0.05) is 16.6 Å². The predicted octanol–water partition coefficient (Wildman–Crippen LogP) is 2.96. The second-order valence-electron chi connectivity index (χ2n) is 4.33. The van der Waals surface area contributed by atoms with Crippen molar-refractivity contribution in [2.45, 2.75) is 19.8 Å². The summed E-state index contributed by atoms with van der Waals surface area (Å²) in [6.07, 6.45) is 1.93. The number of rotatable bonds is 2. The number of hydrogen-bond donors (Lipinski definition) is 2. The molecule has 0 aliphatic rings. The minimum absolute atomic E-state index is 0.00315. The second-order valence-corrected chi connectivity index (χ2v) is 4.33. The lowest BCUT2D eigenvalue weighted by Crippen LogP contribution is -2.08. The number of para-hydroxylation sites is 1. The molecule has 0 aliphatic heterocycles. The van der Waals surface area contributed by atoms with E-state index < -0.39 is 0 Å². The minimum atomic E-state index is 0.00315. The Morgan fingerprint density at radius 2 is 1.94 bits per heavy atom. The van der Waals surface area contributed by atoms with Crippen LogP contribution in [0, 0.1) is 0 Å². The summed E-state index contributed by atoms with van der Waals surface area (Å²) < 4.78 is 0. The molecule has 0 amide bonds. The Hall–Kier alpha value is -2.03. The lowest BCUT2D eigenvalue weighted by Gasteiger charge is -1.98. The fourth-order valence-corrected chi connectivity index (χ4v) is 2.34. The average molecular weight is 226 g/mol. The molecule has 0 saturated carbocycles. The molecule has 0 fully saturated rings. The van der Waals surface area contributed by atoms with E-state index in [0.29, 0.717) is 0 Å². The molecule has 1 aromatic carbocycles. The zero-order chi connectivity index (χ0) is 11.8. The van der Waals surface area contributed by atoms with Gasteiger partial charge in [0.2, 0.25) is 0 Å². The first-order chi connectivity index (χ1) is 8.29. The summed E-state index contributed by atoms with van der Waals surface area (Å²) in [5, 5.41) is 1.76. The van der Waals surface area contributed by atoms with E-state index in [1.54, 1.807) is 0 Å².